The predicted octanol–water partition coefficient (Wildman–Crippen LogP) is 3.00. The molecule has 2 heterocycles. The summed E-state index contributed by atoms with van der Waals surface area (Å²) in [5, 5.41) is 12.4. The van der Waals surface area contributed by atoms with E-state index in [9.17, 15) is 13.7 Å². The largest absolute Gasteiger partial charge is 0.419 e. The van der Waals surface area contributed by atoms with E-state index in [0.717, 1.165) is 25.8 Å². The van der Waals surface area contributed by atoms with Crippen LogP contribution in [0.4, 0.5) is 5.88 Å². The lowest BCUT2D eigenvalue weighted by atomic mass is 10.0. The van der Waals surface area contributed by atoms with Crippen molar-refractivity contribution in [1.82, 2.24) is 14.2 Å². The Kier molecular flexibility index (Phi) is 7.13. The molecular weight excluding hydrogens is 402 g/mol. The van der Waals surface area contributed by atoms with Crippen LogP contribution in [0.1, 0.15) is 31.9 Å². The van der Waals surface area contributed by atoms with Crippen LogP contribution >= 0.6 is 0 Å². The van der Waals surface area contributed by atoms with Crippen LogP contribution in [0.15, 0.2) is 33.6 Å². The molecule has 0 radical (unpaired) electrons. The molecule has 3 rings (SSSR count). The minimum absolute atomic E-state index is 0.189. The molecule has 1 aliphatic rings. The Hall–Kier alpha value is -2.41. The highest BCUT2D eigenvalue weighted by Gasteiger charge is 2.28. The first-order valence-electron chi connectivity index (χ1n) is 10.2. The molecule has 0 saturated carbocycles. The average molecular weight is 432 g/mol. The Labute approximate surface area is 178 Å². The zero-order valence-corrected chi connectivity index (χ0v) is 18.6. The van der Waals surface area contributed by atoms with Crippen LogP contribution in [0.2, 0.25) is 0 Å². The number of nitrogens with one attached hydrogen (secondary N) is 1. The molecule has 1 aliphatic heterocycles. The van der Waals surface area contributed by atoms with Gasteiger partial charge in [-0.1, -0.05) is 6.92 Å². The molecule has 1 N–H and O–H groups in total. The molecule has 0 amide bonds. The molecule has 1 aromatic heterocycles. The van der Waals surface area contributed by atoms with E-state index in [1.165, 1.54) is 0 Å². The Balaban J connectivity index is 1.72. The molecule has 0 spiro atoms. The number of rotatable bonds is 8. The molecule has 1 aromatic carbocycles. The van der Waals surface area contributed by atoms with Crippen LogP contribution in [0.25, 0.3) is 11.5 Å². The number of benzene rings is 1. The summed E-state index contributed by atoms with van der Waals surface area (Å²) in [5.41, 5.74) is 0.813. The van der Waals surface area contributed by atoms with Crippen LogP contribution < -0.4 is 5.32 Å². The fourth-order valence-electron chi connectivity index (χ4n) is 3.38. The minimum atomic E-state index is -3.50. The summed E-state index contributed by atoms with van der Waals surface area (Å²) >= 11 is 0. The van der Waals surface area contributed by atoms with E-state index in [1.54, 1.807) is 28.6 Å². The van der Waals surface area contributed by atoms with E-state index < -0.39 is 10.0 Å². The van der Waals surface area contributed by atoms with Crippen LogP contribution in [0.3, 0.4) is 0 Å². The monoisotopic (exact) mass is 431 g/mol. The van der Waals surface area contributed by atoms with Crippen LogP contribution in [0, 0.1) is 17.2 Å². The first kappa shape index (κ1) is 22.3. The second-order valence-electron chi connectivity index (χ2n) is 8.00. The molecule has 30 heavy (non-hydrogen) atoms. The highest BCUT2D eigenvalue weighted by Crippen LogP contribution is 2.28. The summed E-state index contributed by atoms with van der Waals surface area (Å²) in [6.07, 6.45) is 2.67. The van der Waals surface area contributed by atoms with Crippen molar-refractivity contribution in [3.63, 3.8) is 0 Å². The quantitative estimate of drug-likeness (QED) is 0.641. The summed E-state index contributed by atoms with van der Waals surface area (Å²) < 4.78 is 33.0. The molecule has 0 atom stereocenters. The van der Waals surface area contributed by atoms with Gasteiger partial charge in [-0.05, 0) is 70.1 Å². The minimum Gasteiger partial charge on any atom is -0.419 e. The Morgan fingerprint density at radius 1 is 1.27 bits per heavy atom. The molecule has 2 aromatic rings. The van der Waals surface area contributed by atoms with Gasteiger partial charge in [0.25, 0.3) is 0 Å². The Morgan fingerprint density at radius 2 is 1.93 bits per heavy atom. The zero-order valence-electron chi connectivity index (χ0n) is 17.8. The van der Waals surface area contributed by atoms with E-state index in [4.69, 9.17) is 4.42 Å². The maximum Gasteiger partial charge on any atom is 0.243 e. The SMILES string of the molecule is CC1CCN(S(=O)(=O)c2ccc(-c3nc(C#N)c(NCCCN(C)C)o3)cc2)CC1. The molecule has 1 fully saturated rings. The number of nitrogens with zero attached hydrogens (tertiary/aromatic N) is 4. The van der Waals surface area contributed by atoms with Gasteiger partial charge < -0.3 is 14.6 Å². The van der Waals surface area contributed by atoms with Gasteiger partial charge in [0.1, 0.15) is 6.07 Å². The lowest BCUT2D eigenvalue weighted by molar-refractivity contribution is 0.288. The van der Waals surface area contributed by atoms with Crippen molar-refractivity contribution >= 4 is 15.9 Å². The van der Waals surface area contributed by atoms with Crippen LogP contribution in [0.5, 0.6) is 0 Å². The Morgan fingerprint density at radius 3 is 2.53 bits per heavy atom. The van der Waals surface area contributed by atoms with Gasteiger partial charge in [0.15, 0.2) is 0 Å². The number of nitriles is 1. The van der Waals surface area contributed by atoms with Crippen molar-refractivity contribution in [2.24, 2.45) is 5.92 Å². The smallest absolute Gasteiger partial charge is 0.243 e. The number of anilines is 1. The Bertz CT molecular complexity index is 985. The van der Waals surface area contributed by atoms with Gasteiger partial charge in [0, 0.05) is 25.2 Å². The summed E-state index contributed by atoms with van der Waals surface area (Å²) in [6.45, 7) is 4.84. The van der Waals surface area contributed by atoms with E-state index in [0.29, 0.717) is 37.0 Å². The lowest BCUT2D eigenvalue weighted by Gasteiger charge is -2.29. The van der Waals surface area contributed by atoms with Gasteiger partial charge in [-0.2, -0.15) is 14.6 Å². The number of hydrogen-bond donors (Lipinski definition) is 1. The summed E-state index contributed by atoms with van der Waals surface area (Å²) in [5.74, 6) is 1.19. The zero-order chi connectivity index (χ0) is 21.7. The topological polar surface area (TPSA) is 102 Å². The predicted molar refractivity (Wildman–Crippen MR) is 115 cm³/mol. The number of hydrogen-bond acceptors (Lipinski definition) is 7. The van der Waals surface area contributed by atoms with Crippen LogP contribution in [-0.2, 0) is 10.0 Å². The number of oxazole rings is 1. The molecule has 0 bridgehead atoms. The highest BCUT2D eigenvalue weighted by molar-refractivity contribution is 7.89. The summed E-state index contributed by atoms with van der Waals surface area (Å²) in [6, 6.07) is 8.52. The van der Waals surface area contributed by atoms with E-state index in [1.807, 2.05) is 20.2 Å². The van der Waals surface area contributed by atoms with Gasteiger partial charge >= 0.3 is 0 Å². The maximum atomic E-state index is 12.9. The summed E-state index contributed by atoms with van der Waals surface area (Å²) in [4.78, 5) is 6.58. The maximum absolute atomic E-state index is 12.9. The lowest BCUT2D eigenvalue weighted by Crippen LogP contribution is -2.37. The first-order chi connectivity index (χ1) is 14.3. The van der Waals surface area contributed by atoms with Gasteiger partial charge in [-0.15, -0.1) is 0 Å². The summed E-state index contributed by atoms with van der Waals surface area (Å²) in [7, 11) is 0.505. The van der Waals surface area contributed by atoms with Crippen molar-refractivity contribution < 1.29 is 12.8 Å². The van der Waals surface area contributed by atoms with Crippen molar-refractivity contribution in [1.29, 1.82) is 5.26 Å². The number of piperidine rings is 1. The third kappa shape index (κ3) is 5.19. The van der Waals surface area contributed by atoms with Gasteiger partial charge in [-0.3, -0.25) is 0 Å². The van der Waals surface area contributed by atoms with Crippen molar-refractivity contribution in [2.75, 3.05) is 45.6 Å². The third-order valence-electron chi connectivity index (χ3n) is 5.28. The highest BCUT2D eigenvalue weighted by atomic mass is 32.2. The number of aromatic nitrogens is 1. The van der Waals surface area contributed by atoms with Crippen LogP contribution in [-0.4, -0.2) is 62.9 Å². The standard InChI is InChI=1S/C21H29N5O3S/c1-16-9-13-26(14-10-16)30(27,28)18-7-5-17(6-8-18)20-24-19(15-22)21(29-20)23-11-4-12-25(2)3/h5-8,16,23H,4,9-14H2,1-3H3. The second kappa shape index (κ2) is 9.60. The van der Waals surface area contributed by atoms with Gasteiger partial charge in [0.2, 0.25) is 27.5 Å². The van der Waals surface area contributed by atoms with E-state index >= 15 is 0 Å². The molecule has 8 nitrogen and oxygen atoms in total. The normalized spacial score (nSPS) is 16.0. The molecule has 0 aliphatic carbocycles. The van der Waals surface area contributed by atoms with Gasteiger partial charge in [-0.25, -0.2) is 8.42 Å². The third-order valence-corrected chi connectivity index (χ3v) is 7.20. The number of sulfonamides is 1. The van der Waals surface area contributed by atoms with Gasteiger partial charge in [0.05, 0.1) is 4.90 Å². The van der Waals surface area contributed by atoms with Crippen molar-refractivity contribution in [3.05, 3.63) is 30.0 Å². The molecule has 1 saturated heterocycles. The van der Waals surface area contributed by atoms with Crippen molar-refractivity contribution in [3.8, 4) is 17.5 Å². The fraction of sp³-hybridized carbons (Fsp3) is 0.524. The van der Waals surface area contributed by atoms with E-state index in [2.05, 4.69) is 22.1 Å². The fourth-order valence-corrected chi connectivity index (χ4v) is 4.85. The molecule has 9 heteroatoms. The van der Waals surface area contributed by atoms with Crippen molar-refractivity contribution in [2.45, 2.75) is 31.1 Å². The molecule has 0 unspecified atom stereocenters. The van der Waals surface area contributed by atoms with E-state index in [-0.39, 0.29) is 16.5 Å². The molecular formula is C21H29N5O3S. The first-order valence-corrected chi connectivity index (χ1v) is 11.7. The average Bonchev–Trinajstić information content (AvgIpc) is 3.15. The molecule has 162 valence electrons. The second-order valence-corrected chi connectivity index (χ2v) is 9.94.